The Bertz CT molecular complexity index is 2090. The zero-order valence-electron chi connectivity index (χ0n) is 38.0. The van der Waals surface area contributed by atoms with E-state index in [1.165, 1.54) is 21.9 Å². The Morgan fingerprint density at radius 3 is 1.56 bits per heavy atom. The quantitative estimate of drug-likeness (QED) is 0.0279. The Labute approximate surface area is 377 Å². The van der Waals surface area contributed by atoms with Crippen molar-refractivity contribution < 1.29 is 38.7 Å². The van der Waals surface area contributed by atoms with E-state index >= 15 is 0 Å². The summed E-state index contributed by atoms with van der Waals surface area (Å²) in [6.07, 6.45) is 15.4. The molecule has 64 heavy (non-hydrogen) atoms. The summed E-state index contributed by atoms with van der Waals surface area (Å²) in [6.45, 7) is 8.85. The van der Waals surface area contributed by atoms with E-state index in [2.05, 4.69) is 49.8 Å². The van der Waals surface area contributed by atoms with Crippen LogP contribution in [0.15, 0.2) is 48.8 Å². The molecule has 2 saturated heterocycles. The van der Waals surface area contributed by atoms with Gasteiger partial charge in [0.1, 0.15) is 11.5 Å². The summed E-state index contributed by atoms with van der Waals surface area (Å²) in [7, 11) is 3.37. The second kappa shape index (κ2) is 25.4. The lowest BCUT2D eigenvalue weighted by molar-refractivity contribution is -0.184. The highest BCUT2D eigenvalue weighted by Gasteiger charge is 2.24. The van der Waals surface area contributed by atoms with Gasteiger partial charge in [-0.1, -0.05) is 38.5 Å². The monoisotopic (exact) mass is 887 g/mol. The van der Waals surface area contributed by atoms with Gasteiger partial charge in [0.15, 0.2) is 0 Å². The fourth-order valence-corrected chi connectivity index (χ4v) is 8.74. The molecule has 2 fully saturated rings. The van der Waals surface area contributed by atoms with Crippen molar-refractivity contribution in [2.24, 2.45) is 0 Å². The van der Waals surface area contributed by atoms with Crippen molar-refractivity contribution >= 4 is 45.5 Å². The minimum absolute atomic E-state index is 0.0352. The van der Waals surface area contributed by atoms with E-state index in [0.717, 1.165) is 159 Å². The van der Waals surface area contributed by atoms with Crippen molar-refractivity contribution in [3.8, 4) is 11.5 Å². The van der Waals surface area contributed by atoms with Gasteiger partial charge in [0.25, 0.3) is 0 Å². The lowest BCUT2D eigenvalue weighted by atomic mass is 10.1. The van der Waals surface area contributed by atoms with Crippen LogP contribution < -0.4 is 15.0 Å². The molecule has 0 unspecified atom stereocenters. The number of fused-ring (bicyclic) bond motifs is 2. The predicted octanol–water partition coefficient (Wildman–Crippen LogP) is 5.69. The molecule has 0 spiro atoms. The smallest absolute Gasteiger partial charge is 0.417 e. The Balaban J connectivity index is 0.701. The molecule has 16 heteroatoms. The van der Waals surface area contributed by atoms with Gasteiger partial charge < -0.3 is 34.1 Å². The Morgan fingerprint density at radius 2 is 1.08 bits per heavy atom. The van der Waals surface area contributed by atoms with Crippen LogP contribution in [0.4, 0.5) is 0 Å². The van der Waals surface area contributed by atoms with Crippen LogP contribution in [0, 0.1) is 0 Å². The van der Waals surface area contributed by atoms with Crippen molar-refractivity contribution in [3.63, 3.8) is 0 Å². The Hall–Kier alpha value is -5.16. The van der Waals surface area contributed by atoms with Crippen LogP contribution in [0.5, 0.6) is 11.5 Å². The number of rotatable bonds is 25. The summed E-state index contributed by atoms with van der Waals surface area (Å²) in [5, 5.41) is 12.9. The molecular formula is C48H70N8O8. The van der Waals surface area contributed by atoms with Gasteiger partial charge in [-0.2, -0.15) is 5.48 Å². The maximum atomic E-state index is 12.8. The van der Waals surface area contributed by atoms with Crippen molar-refractivity contribution in [1.82, 2.24) is 40.1 Å². The van der Waals surface area contributed by atoms with Crippen LogP contribution in [-0.2, 0) is 36.9 Å². The molecule has 6 rings (SSSR count). The Morgan fingerprint density at radius 1 is 0.625 bits per heavy atom. The number of aromatic amines is 2. The van der Waals surface area contributed by atoms with E-state index in [4.69, 9.17) is 14.3 Å². The molecule has 4 aromatic rings. The van der Waals surface area contributed by atoms with Crippen LogP contribution in [0.1, 0.15) is 88.2 Å². The third kappa shape index (κ3) is 14.4. The second-order valence-corrected chi connectivity index (χ2v) is 17.1. The summed E-state index contributed by atoms with van der Waals surface area (Å²) in [5.74, 6) is -0.116. The maximum Gasteiger partial charge on any atom is 0.417 e. The minimum atomic E-state index is -1.15. The largest absolute Gasteiger partial charge is 0.497 e. The number of carbonyl (C=O) groups is 4. The van der Waals surface area contributed by atoms with Gasteiger partial charge in [-0.25, -0.2) is 9.86 Å². The van der Waals surface area contributed by atoms with E-state index in [-0.39, 0.29) is 18.4 Å². The second-order valence-electron chi connectivity index (χ2n) is 17.1. The van der Waals surface area contributed by atoms with Crippen molar-refractivity contribution in [2.75, 3.05) is 92.8 Å². The molecule has 4 heterocycles. The maximum absolute atomic E-state index is 12.8. The zero-order valence-corrected chi connectivity index (χ0v) is 38.0. The van der Waals surface area contributed by atoms with Gasteiger partial charge in [-0.05, 0) is 86.1 Å². The topological polar surface area (TPSA) is 176 Å². The fourth-order valence-electron chi connectivity index (χ4n) is 8.74. The van der Waals surface area contributed by atoms with Crippen molar-refractivity contribution in [1.29, 1.82) is 0 Å². The first-order valence-corrected chi connectivity index (χ1v) is 23.4. The van der Waals surface area contributed by atoms with Gasteiger partial charge in [-0.15, -0.1) is 0 Å². The number of methoxy groups -OCH3 is 2. The Kier molecular flexibility index (Phi) is 19.1. The predicted molar refractivity (Wildman–Crippen MR) is 246 cm³/mol. The summed E-state index contributed by atoms with van der Waals surface area (Å²) in [4.78, 5) is 70.4. The van der Waals surface area contributed by atoms with Crippen LogP contribution in [0.25, 0.3) is 21.8 Å². The highest BCUT2D eigenvalue weighted by molar-refractivity contribution is 6.31. The summed E-state index contributed by atoms with van der Waals surface area (Å²) in [6, 6.07) is 12.2. The van der Waals surface area contributed by atoms with Gasteiger partial charge in [-0.3, -0.25) is 29.4 Å². The number of carbonyl (C=O) groups excluding carboxylic acids is 4. The average Bonchev–Trinajstić information content (AvgIpc) is 3.94. The summed E-state index contributed by atoms with van der Waals surface area (Å²) < 4.78 is 10.8. The van der Waals surface area contributed by atoms with Gasteiger partial charge in [0.05, 0.1) is 14.2 Å². The van der Waals surface area contributed by atoms with Crippen LogP contribution in [0.3, 0.4) is 0 Å². The third-order valence-electron chi connectivity index (χ3n) is 12.8. The number of hydrogen-bond donors (Lipinski definition) is 4. The number of H-pyrrole nitrogens is 2. The van der Waals surface area contributed by atoms with Crippen LogP contribution in [-0.4, -0.2) is 156 Å². The van der Waals surface area contributed by atoms with Gasteiger partial charge in [0.2, 0.25) is 11.8 Å². The average molecular weight is 887 g/mol. The first-order chi connectivity index (χ1) is 31.2. The number of benzene rings is 2. The number of aromatic nitrogens is 2. The van der Waals surface area contributed by atoms with Crippen molar-refractivity contribution in [3.05, 3.63) is 59.9 Å². The SMILES string of the molecule is COc1ccc2[nH]cc(CCN3CCN(C(=O)CCCCCCCNOC(=O)C(=O)N(O)CCCCCCCC(=O)N4CCN(CCc5c[nH]c6ccc(OC)cc56)CC4)CC3)c2c1. The molecule has 2 aliphatic heterocycles. The molecule has 0 radical (unpaired) electrons. The highest BCUT2D eigenvalue weighted by Crippen LogP contribution is 2.26. The van der Waals surface area contributed by atoms with E-state index in [1.54, 1.807) is 14.2 Å². The fraction of sp³-hybridized carbons (Fsp3) is 0.583. The number of nitrogens with one attached hydrogen (secondary N) is 3. The molecule has 2 aromatic carbocycles. The molecule has 0 bridgehead atoms. The van der Waals surface area contributed by atoms with Gasteiger partial charge >= 0.3 is 11.9 Å². The van der Waals surface area contributed by atoms with Gasteiger partial charge in [0, 0.05) is 126 Å². The molecule has 2 aromatic heterocycles. The van der Waals surface area contributed by atoms with E-state index in [1.807, 2.05) is 34.1 Å². The molecular weight excluding hydrogens is 817 g/mol. The standard InChI is InChI=1S/C48H70N8O8/c1-62-39-15-17-43-41(33-39)37(35-49-43)19-23-52-25-29-54(30-26-52)45(57)13-9-5-3-7-11-21-51-64-48(60)47(59)56(61)22-12-8-4-6-10-14-46(58)55-31-27-53(28-32-55)24-20-38-36-50-44-18-16-40(63-2)34-42(38)44/h15-18,33-36,49-51,61H,3-14,19-32H2,1-2H3. The number of nitrogens with zero attached hydrogens (tertiary/aromatic N) is 5. The normalized spacial score (nSPS) is 14.9. The third-order valence-corrected chi connectivity index (χ3v) is 12.8. The highest BCUT2D eigenvalue weighted by atomic mass is 16.7. The molecule has 4 N–H and O–H groups in total. The lowest BCUT2D eigenvalue weighted by Crippen LogP contribution is -2.49. The molecule has 16 nitrogen and oxygen atoms in total. The van der Waals surface area contributed by atoms with Crippen molar-refractivity contribution in [2.45, 2.75) is 89.9 Å². The number of ether oxygens (including phenoxy) is 2. The van der Waals surface area contributed by atoms with Crippen LogP contribution in [0.2, 0.25) is 0 Å². The zero-order chi connectivity index (χ0) is 45.1. The number of hydroxylamine groups is 3. The summed E-state index contributed by atoms with van der Waals surface area (Å²) in [5.41, 5.74) is 7.31. The van der Waals surface area contributed by atoms with E-state index in [0.29, 0.717) is 30.9 Å². The number of piperazine rings is 2. The minimum Gasteiger partial charge on any atom is -0.497 e. The number of hydrogen-bond acceptors (Lipinski definition) is 11. The molecule has 350 valence electrons. The van der Waals surface area contributed by atoms with E-state index in [9.17, 15) is 24.4 Å². The molecule has 0 aliphatic carbocycles. The molecule has 3 amide bonds. The first-order valence-electron chi connectivity index (χ1n) is 23.4. The summed E-state index contributed by atoms with van der Waals surface area (Å²) >= 11 is 0. The molecule has 0 saturated carbocycles. The number of amides is 3. The number of unbranched alkanes of at least 4 members (excludes halogenated alkanes) is 8. The molecule has 0 atom stereocenters. The lowest BCUT2D eigenvalue weighted by Gasteiger charge is -2.34. The molecule has 2 aliphatic rings. The van der Waals surface area contributed by atoms with E-state index < -0.39 is 11.9 Å². The first kappa shape index (κ1) is 48.3. The van der Waals surface area contributed by atoms with Crippen LogP contribution >= 0.6 is 0 Å².